The second-order valence-electron chi connectivity index (χ2n) is 10.4. The Morgan fingerprint density at radius 1 is 1.22 bits per heavy atom. The first kappa shape index (κ1) is 22.3. The van der Waals surface area contributed by atoms with E-state index in [2.05, 4.69) is 19.9 Å². The first-order valence-electron chi connectivity index (χ1n) is 12.1. The third kappa shape index (κ3) is 3.10. The van der Waals surface area contributed by atoms with Crippen molar-refractivity contribution in [3.63, 3.8) is 0 Å². The van der Waals surface area contributed by atoms with Crippen LogP contribution in [0.25, 0.3) is 11.2 Å². The van der Waals surface area contributed by atoms with Crippen molar-refractivity contribution in [2.24, 2.45) is 0 Å². The molecule has 11 heteroatoms. The molecule has 36 heavy (non-hydrogen) atoms. The van der Waals surface area contributed by atoms with Crippen molar-refractivity contribution >= 4 is 34.3 Å². The lowest BCUT2D eigenvalue weighted by molar-refractivity contribution is -0.165. The summed E-state index contributed by atoms with van der Waals surface area (Å²) in [6, 6.07) is 4.95. The van der Waals surface area contributed by atoms with E-state index in [0.717, 1.165) is 36.9 Å². The summed E-state index contributed by atoms with van der Waals surface area (Å²) in [6.07, 6.45) is 4.57. The van der Waals surface area contributed by atoms with Crippen LogP contribution in [0.2, 0.25) is 5.28 Å². The van der Waals surface area contributed by atoms with Crippen LogP contribution in [-0.4, -0.2) is 49.7 Å². The SMILES string of the molecule is CC1(C)OC2=C(CO)O[C@@H](n3cnc4c(N5CC6(CCCC6)c6cc(F)ccc65)nc(Cl)nc43)C2O1. The zero-order valence-corrected chi connectivity index (χ0v) is 20.6. The van der Waals surface area contributed by atoms with Crippen molar-refractivity contribution in [3.8, 4) is 0 Å². The summed E-state index contributed by atoms with van der Waals surface area (Å²) in [5, 5.41) is 9.90. The molecule has 2 fully saturated rings. The number of aromatic nitrogens is 4. The van der Waals surface area contributed by atoms with E-state index in [0.29, 0.717) is 35.0 Å². The molecule has 9 nitrogen and oxygen atoms in total. The average molecular weight is 514 g/mol. The minimum atomic E-state index is -0.860. The van der Waals surface area contributed by atoms with E-state index in [4.69, 9.17) is 25.8 Å². The zero-order chi connectivity index (χ0) is 24.8. The molecule has 5 heterocycles. The number of nitrogens with zero attached hydrogens (tertiary/aromatic N) is 5. The molecule has 188 valence electrons. The Balaban J connectivity index is 1.34. The summed E-state index contributed by atoms with van der Waals surface area (Å²) in [5.74, 6) is 0.253. The maximum absolute atomic E-state index is 14.3. The van der Waals surface area contributed by atoms with Crippen molar-refractivity contribution in [3.05, 3.63) is 52.7 Å². The largest absolute Gasteiger partial charge is 0.465 e. The molecule has 2 atom stereocenters. The van der Waals surface area contributed by atoms with Gasteiger partial charge in [-0.05, 0) is 48.2 Å². The topological polar surface area (TPSA) is 94.8 Å². The van der Waals surface area contributed by atoms with Gasteiger partial charge in [-0.25, -0.2) is 9.37 Å². The van der Waals surface area contributed by atoms with E-state index in [1.54, 1.807) is 30.8 Å². The Morgan fingerprint density at radius 2 is 2.03 bits per heavy atom. The van der Waals surface area contributed by atoms with Gasteiger partial charge in [0.25, 0.3) is 0 Å². The Bertz CT molecular complexity index is 1430. The molecular weight excluding hydrogens is 489 g/mol. The number of fused-ring (bicyclic) bond motifs is 4. The van der Waals surface area contributed by atoms with Crippen LogP contribution in [0.5, 0.6) is 0 Å². The molecule has 1 saturated carbocycles. The Hall–Kier alpha value is -2.95. The van der Waals surface area contributed by atoms with Crippen molar-refractivity contribution in [2.75, 3.05) is 18.1 Å². The van der Waals surface area contributed by atoms with E-state index in [1.807, 2.05) is 6.07 Å². The first-order valence-corrected chi connectivity index (χ1v) is 12.5. The second-order valence-corrected chi connectivity index (χ2v) is 10.7. The number of hydrogen-bond acceptors (Lipinski definition) is 8. The fourth-order valence-corrected chi connectivity index (χ4v) is 6.41. The number of aliphatic hydroxyl groups is 1. The second kappa shape index (κ2) is 7.53. The number of aliphatic hydroxyl groups excluding tert-OH is 1. The van der Waals surface area contributed by atoms with Gasteiger partial charge >= 0.3 is 0 Å². The van der Waals surface area contributed by atoms with Crippen LogP contribution in [0.15, 0.2) is 36.0 Å². The molecule has 7 rings (SSSR count). The van der Waals surface area contributed by atoms with Gasteiger partial charge in [0.05, 0.1) is 0 Å². The number of anilines is 2. The van der Waals surface area contributed by atoms with Gasteiger partial charge in [0.2, 0.25) is 17.3 Å². The number of hydrogen-bond donors (Lipinski definition) is 1. The summed E-state index contributed by atoms with van der Waals surface area (Å²) in [6.45, 7) is 3.97. The van der Waals surface area contributed by atoms with Crippen LogP contribution in [0.1, 0.15) is 51.3 Å². The molecule has 2 aromatic heterocycles. The van der Waals surface area contributed by atoms with Crippen LogP contribution in [0.3, 0.4) is 0 Å². The number of benzene rings is 1. The van der Waals surface area contributed by atoms with Gasteiger partial charge in [-0.2, -0.15) is 9.97 Å². The quantitative estimate of drug-likeness (QED) is 0.513. The molecule has 1 unspecified atom stereocenters. The molecule has 1 N–H and O–H groups in total. The van der Waals surface area contributed by atoms with Crippen LogP contribution in [-0.2, 0) is 19.6 Å². The molecule has 1 saturated heterocycles. The van der Waals surface area contributed by atoms with Crippen molar-refractivity contribution in [1.82, 2.24) is 19.5 Å². The highest BCUT2D eigenvalue weighted by Crippen LogP contribution is 2.53. The normalized spacial score (nSPS) is 25.5. The van der Waals surface area contributed by atoms with Crippen molar-refractivity contribution in [1.29, 1.82) is 0 Å². The van der Waals surface area contributed by atoms with Gasteiger partial charge < -0.3 is 24.2 Å². The standard InChI is InChI=1S/C25H25ClFN5O4/c1-24(2)35-18-16(10-33)34-22(19(18)36-24)32-12-28-17-20(29-23(26)30-21(17)32)31-11-25(7-3-4-8-25)14-9-13(27)5-6-15(14)31/h5-6,9,12,19,22,33H,3-4,7-8,10-11H2,1-2H3/t19?,22-/m1/s1. The summed E-state index contributed by atoms with van der Waals surface area (Å²) < 4.78 is 34.0. The Morgan fingerprint density at radius 3 is 2.81 bits per heavy atom. The van der Waals surface area contributed by atoms with E-state index in [9.17, 15) is 9.50 Å². The van der Waals surface area contributed by atoms with Gasteiger partial charge in [-0.1, -0.05) is 12.8 Å². The van der Waals surface area contributed by atoms with E-state index >= 15 is 0 Å². The third-order valence-corrected chi connectivity index (χ3v) is 7.88. The summed E-state index contributed by atoms with van der Waals surface area (Å²) in [5.41, 5.74) is 2.83. The lowest BCUT2D eigenvalue weighted by Crippen LogP contribution is -2.29. The number of halogens is 2. The van der Waals surface area contributed by atoms with Crippen LogP contribution in [0, 0.1) is 5.82 Å². The fourth-order valence-electron chi connectivity index (χ4n) is 6.25. The van der Waals surface area contributed by atoms with Gasteiger partial charge in [0, 0.05) is 31.5 Å². The summed E-state index contributed by atoms with van der Waals surface area (Å²) in [7, 11) is 0. The molecule has 3 aromatic rings. The van der Waals surface area contributed by atoms with E-state index in [-0.39, 0.29) is 23.1 Å². The smallest absolute Gasteiger partial charge is 0.226 e. The predicted octanol–water partition coefficient (Wildman–Crippen LogP) is 4.47. The average Bonchev–Trinajstić information content (AvgIpc) is 3.63. The van der Waals surface area contributed by atoms with Crippen LogP contribution >= 0.6 is 11.6 Å². The predicted molar refractivity (Wildman–Crippen MR) is 128 cm³/mol. The van der Waals surface area contributed by atoms with Gasteiger partial charge in [0.1, 0.15) is 18.8 Å². The first-order chi connectivity index (χ1) is 17.3. The van der Waals surface area contributed by atoms with Crippen molar-refractivity contribution < 1.29 is 23.7 Å². The molecule has 0 bridgehead atoms. The molecule has 1 spiro atoms. The maximum atomic E-state index is 14.3. The molecule has 0 amide bonds. The third-order valence-electron chi connectivity index (χ3n) is 7.71. The molecule has 0 radical (unpaired) electrons. The van der Waals surface area contributed by atoms with E-state index < -0.39 is 18.1 Å². The Labute approximate surface area is 211 Å². The maximum Gasteiger partial charge on any atom is 0.226 e. The van der Waals surface area contributed by atoms with Crippen LogP contribution in [0.4, 0.5) is 15.9 Å². The van der Waals surface area contributed by atoms with Crippen molar-refractivity contribution in [2.45, 2.75) is 63.1 Å². The van der Waals surface area contributed by atoms with E-state index in [1.165, 1.54) is 6.07 Å². The van der Waals surface area contributed by atoms with Gasteiger partial charge in [-0.3, -0.25) is 4.57 Å². The lowest BCUT2D eigenvalue weighted by Gasteiger charge is -2.25. The van der Waals surface area contributed by atoms with Crippen LogP contribution < -0.4 is 4.90 Å². The highest BCUT2D eigenvalue weighted by atomic mass is 35.5. The van der Waals surface area contributed by atoms with Gasteiger partial charge in [0.15, 0.2) is 34.6 Å². The number of rotatable bonds is 3. The monoisotopic (exact) mass is 513 g/mol. The minimum absolute atomic E-state index is 0.0627. The molecule has 3 aliphatic heterocycles. The minimum Gasteiger partial charge on any atom is -0.465 e. The number of ether oxygens (including phenoxy) is 3. The summed E-state index contributed by atoms with van der Waals surface area (Å²) in [4.78, 5) is 15.8. The molecular formula is C25H25ClFN5O4. The number of imidazole rings is 1. The summed E-state index contributed by atoms with van der Waals surface area (Å²) >= 11 is 6.46. The highest BCUT2D eigenvalue weighted by molar-refractivity contribution is 6.28. The van der Waals surface area contributed by atoms with Gasteiger partial charge in [-0.15, -0.1) is 0 Å². The molecule has 1 aliphatic carbocycles. The molecule has 1 aromatic carbocycles. The zero-order valence-electron chi connectivity index (χ0n) is 19.9. The Kier molecular flexibility index (Phi) is 4.66. The molecule has 4 aliphatic rings. The lowest BCUT2D eigenvalue weighted by atomic mass is 9.81. The fraction of sp³-hybridized carbons (Fsp3) is 0.480. The highest BCUT2D eigenvalue weighted by Gasteiger charge is 2.51.